The molecule has 3 aromatic rings. The second-order valence-corrected chi connectivity index (χ2v) is 6.85. The van der Waals surface area contributed by atoms with Gasteiger partial charge in [0.05, 0.1) is 29.1 Å². The number of carbonyl (C=O) groups excluding carboxylic acids is 1. The highest BCUT2D eigenvalue weighted by atomic mass is 35.5. The van der Waals surface area contributed by atoms with Gasteiger partial charge in [-0.2, -0.15) is 5.26 Å². The fraction of sp³-hybridized carbons (Fsp3) is 0.238. The number of benzene rings is 2. The van der Waals surface area contributed by atoms with E-state index in [1.807, 2.05) is 13.0 Å². The third kappa shape index (κ3) is 5.12. The lowest BCUT2D eigenvalue weighted by Crippen LogP contribution is -2.36. The molecule has 1 N–H and O–H groups in total. The minimum Gasteiger partial charge on any atom is -0.484 e. The Balaban J connectivity index is 1.73. The van der Waals surface area contributed by atoms with Gasteiger partial charge < -0.3 is 14.6 Å². The molecule has 1 amide bonds. The van der Waals surface area contributed by atoms with Crippen LogP contribution in [-0.2, 0) is 11.3 Å². The quantitative estimate of drug-likeness (QED) is 0.644. The maximum atomic E-state index is 12.6. The zero-order valence-electron chi connectivity index (χ0n) is 15.8. The van der Waals surface area contributed by atoms with E-state index in [1.54, 1.807) is 47.4 Å². The van der Waals surface area contributed by atoms with E-state index in [4.69, 9.17) is 21.6 Å². The zero-order chi connectivity index (χ0) is 20.8. The van der Waals surface area contributed by atoms with Gasteiger partial charge in [-0.25, -0.2) is 4.98 Å². The van der Waals surface area contributed by atoms with Crippen LogP contribution in [0.4, 0.5) is 0 Å². The Bertz CT molecular complexity index is 1120. The standard InChI is InChI=1S/C21H19ClN4O3/c1-2-9-26(20(27)13-29-16-6-3-14(11-23)4-7-16)12-19-24-18-10-15(22)5-8-17(18)21(28)25-19/h3-8,10H,2,9,12-13H2,1H3,(H,24,25,28). The van der Waals surface area contributed by atoms with Gasteiger partial charge in [-0.3, -0.25) is 9.59 Å². The van der Waals surface area contributed by atoms with E-state index in [0.29, 0.717) is 39.6 Å². The molecule has 0 atom stereocenters. The molecular formula is C21H19ClN4O3. The van der Waals surface area contributed by atoms with Crippen molar-refractivity contribution in [3.05, 3.63) is 69.2 Å². The molecule has 0 radical (unpaired) electrons. The number of carbonyl (C=O) groups is 1. The number of ether oxygens (including phenoxy) is 1. The molecule has 0 bridgehead atoms. The lowest BCUT2D eigenvalue weighted by Gasteiger charge is -2.21. The Labute approximate surface area is 172 Å². The van der Waals surface area contributed by atoms with Gasteiger partial charge in [-0.15, -0.1) is 0 Å². The van der Waals surface area contributed by atoms with Gasteiger partial charge in [-0.1, -0.05) is 18.5 Å². The number of H-pyrrole nitrogens is 1. The molecule has 0 aliphatic rings. The van der Waals surface area contributed by atoms with Crippen molar-refractivity contribution in [2.24, 2.45) is 0 Å². The second-order valence-electron chi connectivity index (χ2n) is 6.41. The molecule has 0 spiro atoms. The van der Waals surface area contributed by atoms with Crippen molar-refractivity contribution in [1.82, 2.24) is 14.9 Å². The van der Waals surface area contributed by atoms with Crippen molar-refractivity contribution in [3.63, 3.8) is 0 Å². The molecule has 148 valence electrons. The summed E-state index contributed by atoms with van der Waals surface area (Å²) in [6.45, 7) is 2.45. The number of amides is 1. The van der Waals surface area contributed by atoms with E-state index in [1.165, 1.54) is 0 Å². The van der Waals surface area contributed by atoms with Crippen molar-refractivity contribution in [3.8, 4) is 11.8 Å². The normalized spacial score (nSPS) is 10.5. The minimum atomic E-state index is -0.278. The van der Waals surface area contributed by atoms with E-state index in [0.717, 1.165) is 6.42 Å². The Morgan fingerprint density at radius 3 is 2.72 bits per heavy atom. The maximum Gasteiger partial charge on any atom is 0.260 e. The lowest BCUT2D eigenvalue weighted by molar-refractivity contribution is -0.134. The van der Waals surface area contributed by atoms with Crippen LogP contribution in [0.3, 0.4) is 0 Å². The Hall–Kier alpha value is -3.37. The molecule has 0 saturated heterocycles. The van der Waals surface area contributed by atoms with E-state index >= 15 is 0 Å². The first kappa shape index (κ1) is 20.4. The largest absolute Gasteiger partial charge is 0.484 e. The average molecular weight is 411 g/mol. The summed E-state index contributed by atoms with van der Waals surface area (Å²) < 4.78 is 5.53. The first-order chi connectivity index (χ1) is 14.0. The van der Waals surface area contributed by atoms with Gasteiger partial charge in [0.2, 0.25) is 0 Å². The molecular weight excluding hydrogens is 392 g/mol. The highest BCUT2D eigenvalue weighted by molar-refractivity contribution is 6.31. The van der Waals surface area contributed by atoms with Crippen LogP contribution in [0.15, 0.2) is 47.3 Å². The predicted molar refractivity (Wildman–Crippen MR) is 110 cm³/mol. The number of nitrogens with zero attached hydrogens (tertiary/aromatic N) is 3. The molecule has 7 nitrogen and oxygen atoms in total. The molecule has 3 rings (SSSR count). The molecule has 0 aliphatic heterocycles. The van der Waals surface area contributed by atoms with Gasteiger partial charge in [0, 0.05) is 11.6 Å². The molecule has 0 saturated carbocycles. The van der Waals surface area contributed by atoms with E-state index < -0.39 is 0 Å². The third-order valence-electron chi connectivity index (χ3n) is 4.25. The molecule has 29 heavy (non-hydrogen) atoms. The van der Waals surface area contributed by atoms with Crippen molar-refractivity contribution in [1.29, 1.82) is 5.26 Å². The number of halogens is 1. The number of fused-ring (bicyclic) bond motifs is 1. The van der Waals surface area contributed by atoms with Gasteiger partial charge in [0.1, 0.15) is 11.6 Å². The fourth-order valence-electron chi connectivity index (χ4n) is 2.84. The lowest BCUT2D eigenvalue weighted by atomic mass is 10.2. The van der Waals surface area contributed by atoms with Gasteiger partial charge in [-0.05, 0) is 48.9 Å². The van der Waals surface area contributed by atoms with Crippen LogP contribution in [-0.4, -0.2) is 33.9 Å². The first-order valence-electron chi connectivity index (χ1n) is 9.09. The summed E-state index contributed by atoms with van der Waals surface area (Å²) in [4.78, 5) is 33.7. The minimum absolute atomic E-state index is 0.154. The average Bonchev–Trinajstić information content (AvgIpc) is 2.71. The number of hydrogen-bond donors (Lipinski definition) is 1. The summed E-state index contributed by atoms with van der Waals surface area (Å²) in [7, 11) is 0. The van der Waals surface area contributed by atoms with Crippen LogP contribution in [0.25, 0.3) is 10.9 Å². The van der Waals surface area contributed by atoms with Crippen LogP contribution < -0.4 is 10.3 Å². The fourth-order valence-corrected chi connectivity index (χ4v) is 3.01. The maximum absolute atomic E-state index is 12.6. The Morgan fingerprint density at radius 2 is 2.03 bits per heavy atom. The first-order valence-corrected chi connectivity index (χ1v) is 9.47. The highest BCUT2D eigenvalue weighted by Crippen LogP contribution is 2.15. The number of aromatic nitrogens is 2. The summed E-state index contributed by atoms with van der Waals surface area (Å²) in [5.74, 6) is 0.649. The summed E-state index contributed by atoms with van der Waals surface area (Å²) in [6.07, 6.45) is 0.742. The monoisotopic (exact) mass is 410 g/mol. The molecule has 0 unspecified atom stereocenters. The Kier molecular flexibility index (Phi) is 6.47. The van der Waals surface area contributed by atoms with E-state index in [2.05, 4.69) is 9.97 Å². The van der Waals surface area contributed by atoms with Gasteiger partial charge >= 0.3 is 0 Å². The molecule has 2 aromatic carbocycles. The molecule has 0 aliphatic carbocycles. The summed E-state index contributed by atoms with van der Waals surface area (Å²) in [6, 6.07) is 13.4. The second kappa shape index (κ2) is 9.22. The third-order valence-corrected chi connectivity index (χ3v) is 4.49. The Morgan fingerprint density at radius 1 is 1.28 bits per heavy atom. The molecule has 0 fully saturated rings. The van der Waals surface area contributed by atoms with Crippen LogP contribution in [0.1, 0.15) is 24.7 Å². The van der Waals surface area contributed by atoms with Crippen molar-refractivity contribution in [2.45, 2.75) is 19.9 Å². The van der Waals surface area contributed by atoms with E-state index in [9.17, 15) is 9.59 Å². The topological polar surface area (TPSA) is 99.1 Å². The van der Waals surface area contributed by atoms with Crippen molar-refractivity contribution >= 4 is 28.4 Å². The number of nitriles is 1. The predicted octanol–water partition coefficient (Wildman–Crippen LogP) is 3.27. The van der Waals surface area contributed by atoms with Crippen molar-refractivity contribution < 1.29 is 9.53 Å². The number of aromatic amines is 1. The summed E-state index contributed by atoms with van der Waals surface area (Å²) in [5, 5.41) is 9.75. The zero-order valence-corrected chi connectivity index (χ0v) is 16.6. The molecule has 1 heterocycles. The summed E-state index contributed by atoms with van der Waals surface area (Å²) in [5.41, 5.74) is 0.719. The number of hydrogen-bond acceptors (Lipinski definition) is 5. The highest BCUT2D eigenvalue weighted by Gasteiger charge is 2.16. The van der Waals surface area contributed by atoms with Crippen LogP contribution in [0, 0.1) is 11.3 Å². The van der Waals surface area contributed by atoms with E-state index in [-0.39, 0.29) is 24.6 Å². The molecule has 8 heteroatoms. The van der Waals surface area contributed by atoms with Gasteiger partial charge in [0.25, 0.3) is 11.5 Å². The SMILES string of the molecule is CCCN(Cc1nc2cc(Cl)ccc2c(=O)[nH]1)C(=O)COc1ccc(C#N)cc1. The van der Waals surface area contributed by atoms with Gasteiger partial charge in [0.15, 0.2) is 6.61 Å². The van der Waals surface area contributed by atoms with Crippen LogP contribution in [0.2, 0.25) is 5.02 Å². The van der Waals surface area contributed by atoms with Crippen molar-refractivity contribution in [2.75, 3.05) is 13.2 Å². The van der Waals surface area contributed by atoms with Crippen LogP contribution >= 0.6 is 11.6 Å². The number of rotatable bonds is 7. The molecule has 1 aromatic heterocycles. The smallest absolute Gasteiger partial charge is 0.260 e. The summed E-state index contributed by atoms with van der Waals surface area (Å²) >= 11 is 6.00. The van der Waals surface area contributed by atoms with Crippen LogP contribution in [0.5, 0.6) is 5.75 Å². The number of nitrogens with one attached hydrogen (secondary N) is 1.